The smallest absolute Gasteiger partial charge is 0.317 e. The minimum Gasteiger partial charge on any atom is -0.480 e. The first-order valence-corrected chi connectivity index (χ1v) is 3.51. The Labute approximate surface area is 65.7 Å². The molecule has 0 aromatic rings. The average Bonchev–Trinajstić information content (AvgIpc) is 1.88. The summed E-state index contributed by atoms with van der Waals surface area (Å²) in [4.78, 5) is 21.3. The molecule has 0 amide bonds. The first-order valence-electron chi connectivity index (χ1n) is 3.51. The van der Waals surface area contributed by atoms with Gasteiger partial charge in [0.25, 0.3) is 0 Å². The zero-order chi connectivity index (χ0) is 8.85. The van der Waals surface area contributed by atoms with Crippen molar-refractivity contribution in [1.29, 1.82) is 0 Å². The number of Topliss-reactive ketones (excluding diaryl/α,β-unsaturated/α-hetero) is 1. The van der Waals surface area contributed by atoms with Crippen LogP contribution in [0, 0.1) is 5.92 Å². The second kappa shape index (κ2) is 4.66. The van der Waals surface area contributed by atoms with Crippen molar-refractivity contribution in [3.05, 3.63) is 12.7 Å². The highest BCUT2D eigenvalue weighted by atomic mass is 16.4. The van der Waals surface area contributed by atoms with E-state index in [4.69, 9.17) is 5.11 Å². The normalized spacial score (nSPS) is 12.1. The monoisotopic (exact) mass is 156 g/mol. The molecule has 3 heteroatoms. The predicted octanol–water partition coefficient (Wildman–Crippen LogP) is 1.24. The van der Waals surface area contributed by atoms with E-state index in [9.17, 15) is 9.59 Å². The molecular formula is C8H12O3. The van der Waals surface area contributed by atoms with E-state index < -0.39 is 11.9 Å². The van der Waals surface area contributed by atoms with E-state index in [1.165, 1.54) is 6.08 Å². The molecule has 0 aromatic heterocycles. The van der Waals surface area contributed by atoms with Gasteiger partial charge in [-0.25, -0.2) is 0 Å². The molecule has 0 bridgehead atoms. The zero-order valence-corrected chi connectivity index (χ0v) is 6.54. The van der Waals surface area contributed by atoms with E-state index in [0.29, 0.717) is 12.8 Å². The van der Waals surface area contributed by atoms with Gasteiger partial charge in [-0.3, -0.25) is 9.59 Å². The van der Waals surface area contributed by atoms with E-state index >= 15 is 0 Å². The summed E-state index contributed by atoms with van der Waals surface area (Å²) in [5.74, 6) is -2.40. The van der Waals surface area contributed by atoms with Gasteiger partial charge in [-0.2, -0.15) is 0 Å². The summed E-state index contributed by atoms with van der Waals surface area (Å²) in [7, 11) is 0. The maximum Gasteiger partial charge on any atom is 0.317 e. The third-order valence-corrected chi connectivity index (χ3v) is 1.35. The van der Waals surface area contributed by atoms with E-state index in [0.717, 1.165) is 0 Å². The number of hydrogen-bond acceptors (Lipinski definition) is 2. The highest BCUT2D eigenvalue weighted by Gasteiger charge is 2.20. The molecule has 0 heterocycles. The summed E-state index contributed by atoms with van der Waals surface area (Å²) < 4.78 is 0. The minimum atomic E-state index is -1.11. The van der Waals surface area contributed by atoms with Gasteiger partial charge in [0, 0.05) is 6.42 Å². The fourth-order valence-electron chi connectivity index (χ4n) is 0.772. The topological polar surface area (TPSA) is 54.4 Å². The van der Waals surface area contributed by atoms with Crippen molar-refractivity contribution >= 4 is 11.8 Å². The van der Waals surface area contributed by atoms with Crippen LogP contribution < -0.4 is 0 Å². The lowest BCUT2D eigenvalue weighted by Crippen LogP contribution is -2.20. The highest BCUT2D eigenvalue weighted by molar-refractivity contribution is 5.99. The SMILES string of the molecule is C=CC(C(=O)O)C(=O)CCC. The van der Waals surface area contributed by atoms with Crippen molar-refractivity contribution in [2.75, 3.05) is 0 Å². The van der Waals surface area contributed by atoms with Crippen LogP contribution in [-0.4, -0.2) is 16.9 Å². The van der Waals surface area contributed by atoms with Gasteiger partial charge < -0.3 is 5.11 Å². The summed E-state index contributed by atoms with van der Waals surface area (Å²) in [6.45, 7) is 5.12. The van der Waals surface area contributed by atoms with Crippen molar-refractivity contribution in [1.82, 2.24) is 0 Å². The summed E-state index contributed by atoms with van der Waals surface area (Å²) in [5.41, 5.74) is 0. The number of ketones is 1. The molecule has 1 N–H and O–H groups in total. The Balaban J connectivity index is 4.14. The van der Waals surface area contributed by atoms with Gasteiger partial charge >= 0.3 is 5.97 Å². The maximum atomic E-state index is 11.0. The Kier molecular flexibility index (Phi) is 4.18. The molecule has 0 aromatic carbocycles. The first kappa shape index (κ1) is 9.88. The molecule has 1 unspecified atom stereocenters. The number of hydrogen-bond donors (Lipinski definition) is 1. The van der Waals surface area contributed by atoms with Crippen LogP contribution in [0.3, 0.4) is 0 Å². The number of carboxylic acid groups (broad SMARTS) is 1. The molecule has 11 heavy (non-hydrogen) atoms. The lowest BCUT2D eigenvalue weighted by atomic mass is 10.0. The fourth-order valence-corrected chi connectivity index (χ4v) is 0.772. The van der Waals surface area contributed by atoms with E-state index in [1.807, 2.05) is 6.92 Å². The van der Waals surface area contributed by atoms with Crippen LogP contribution in [0.2, 0.25) is 0 Å². The van der Waals surface area contributed by atoms with Gasteiger partial charge in [0.2, 0.25) is 0 Å². The molecule has 0 radical (unpaired) electrons. The van der Waals surface area contributed by atoms with Gasteiger partial charge in [-0.1, -0.05) is 13.0 Å². The molecule has 0 aliphatic carbocycles. The van der Waals surface area contributed by atoms with Crippen LogP contribution in [0.4, 0.5) is 0 Å². The first-order chi connectivity index (χ1) is 5.13. The molecule has 62 valence electrons. The lowest BCUT2D eigenvalue weighted by Gasteiger charge is -2.03. The number of carbonyl (C=O) groups excluding carboxylic acids is 1. The van der Waals surface area contributed by atoms with Crippen molar-refractivity contribution in [2.24, 2.45) is 5.92 Å². The van der Waals surface area contributed by atoms with Gasteiger partial charge in [0.05, 0.1) is 0 Å². The molecule has 3 nitrogen and oxygen atoms in total. The Bertz CT molecular complexity index is 172. The molecule has 0 saturated carbocycles. The highest BCUT2D eigenvalue weighted by Crippen LogP contribution is 2.04. The second-order valence-corrected chi connectivity index (χ2v) is 2.27. The molecule has 0 aliphatic rings. The summed E-state index contributed by atoms with van der Waals surface area (Å²) in [6.07, 6.45) is 2.15. The Morgan fingerprint density at radius 1 is 1.64 bits per heavy atom. The van der Waals surface area contributed by atoms with E-state index in [1.54, 1.807) is 0 Å². The largest absolute Gasteiger partial charge is 0.480 e. The lowest BCUT2D eigenvalue weighted by molar-refractivity contribution is -0.144. The van der Waals surface area contributed by atoms with Gasteiger partial charge in [-0.05, 0) is 6.42 Å². The van der Waals surface area contributed by atoms with Crippen LogP contribution in [0.15, 0.2) is 12.7 Å². The Hall–Kier alpha value is -1.12. The minimum absolute atomic E-state index is 0.269. The molecular weight excluding hydrogens is 144 g/mol. The quantitative estimate of drug-likeness (QED) is 0.481. The molecule has 0 aliphatic heterocycles. The van der Waals surface area contributed by atoms with E-state index in [-0.39, 0.29) is 5.78 Å². The predicted molar refractivity (Wildman–Crippen MR) is 41.2 cm³/mol. The van der Waals surface area contributed by atoms with Crippen molar-refractivity contribution < 1.29 is 14.7 Å². The third kappa shape index (κ3) is 2.98. The molecule has 0 rings (SSSR count). The number of carbonyl (C=O) groups is 2. The Morgan fingerprint density at radius 2 is 2.18 bits per heavy atom. The standard InChI is InChI=1S/C8H12O3/c1-3-5-7(9)6(4-2)8(10)11/h4,6H,2-3,5H2,1H3,(H,10,11). The molecule has 0 spiro atoms. The van der Waals surface area contributed by atoms with Crippen molar-refractivity contribution in [2.45, 2.75) is 19.8 Å². The van der Waals surface area contributed by atoms with Gasteiger partial charge in [-0.15, -0.1) is 6.58 Å². The molecule has 1 atom stereocenters. The average molecular weight is 156 g/mol. The van der Waals surface area contributed by atoms with Crippen LogP contribution in [0.1, 0.15) is 19.8 Å². The molecule has 0 fully saturated rings. The summed E-state index contributed by atoms with van der Waals surface area (Å²) in [5, 5.41) is 8.48. The van der Waals surface area contributed by atoms with Crippen LogP contribution in [-0.2, 0) is 9.59 Å². The van der Waals surface area contributed by atoms with Crippen LogP contribution in [0.25, 0.3) is 0 Å². The van der Waals surface area contributed by atoms with Crippen LogP contribution in [0.5, 0.6) is 0 Å². The summed E-state index contributed by atoms with van der Waals surface area (Å²) in [6, 6.07) is 0. The maximum absolute atomic E-state index is 11.0. The molecule has 0 saturated heterocycles. The third-order valence-electron chi connectivity index (χ3n) is 1.35. The number of carboxylic acids is 1. The Morgan fingerprint density at radius 3 is 2.45 bits per heavy atom. The van der Waals surface area contributed by atoms with Crippen molar-refractivity contribution in [3.8, 4) is 0 Å². The van der Waals surface area contributed by atoms with Crippen LogP contribution >= 0.6 is 0 Å². The van der Waals surface area contributed by atoms with Gasteiger partial charge in [0.15, 0.2) is 5.78 Å². The van der Waals surface area contributed by atoms with E-state index in [2.05, 4.69) is 6.58 Å². The summed E-state index contributed by atoms with van der Waals surface area (Å²) >= 11 is 0. The fraction of sp³-hybridized carbons (Fsp3) is 0.500. The number of rotatable bonds is 5. The number of aliphatic carboxylic acids is 1. The zero-order valence-electron chi connectivity index (χ0n) is 6.54. The second-order valence-electron chi connectivity index (χ2n) is 2.27. The van der Waals surface area contributed by atoms with Crippen molar-refractivity contribution in [3.63, 3.8) is 0 Å². The van der Waals surface area contributed by atoms with Gasteiger partial charge in [0.1, 0.15) is 5.92 Å².